The van der Waals surface area contributed by atoms with Crippen LogP contribution in [0.5, 0.6) is 0 Å². The van der Waals surface area contributed by atoms with Crippen molar-refractivity contribution in [2.75, 3.05) is 0 Å². The summed E-state index contributed by atoms with van der Waals surface area (Å²) < 4.78 is 6.92. The van der Waals surface area contributed by atoms with Crippen LogP contribution in [0.4, 0.5) is 0 Å². The van der Waals surface area contributed by atoms with E-state index in [0.717, 1.165) is 24.2 Å². The van der Waals surface area contributed by atoms with Crippen molar-refractivity contribution >= 4 is 11.9 Å². The van der Waals surface area contributed by atoms with E-state index in [9.17, 15) is 14.7 Å². The first-order valence-electron chi connectivity index (χ1n) is 6.45. The van der Waals surface area contributed by atoms with Gasteiger partial charge in [-0.2, -0.15) is 5.10 Å². The summed E-state index contributed by atoms with van der Waals surface area (Å²) in [5, 5.41) is 13.5. The van der Waals surface area contributed by atoms with Gasteiger partial charge in [0.25, 0.3) is 5.91 Å². The molecule has 0 aliphatic carbocycles. The van der Waals surface area contributed by atoms with Crippen molar-refractivity contribution in [2.24, 2.45) is 11.8 Å². The summed E-state index contributed by atoms with van der Waals surface area (Å²) in [4.78, 5) is 23.9. The molecule has 0 unspecified atom stereocenters. The average Bonchev–Trinajstić information content (AvgIpc) is 3.01. The molecule has 1 N–H and O–H groups in total. The van der Waals surface area contributed by atoms with Crippen molar-refractivity contribution in [1.82, 2.24) is 9.78 Å². The number of carboxylic acids is 1. The second-order valence-electron chi connectivity index (χ2n) is 5.36. The van der Waals surface area contributed by atoms with E-state index in [1.54, 1.807) is 6.92 Å². The van der Waals surface area contributed by atoms with Crippen LogP contribution >= 0.6 is 0 Å². The summed E-state index contributed by atoms with van der Waals surface area (Å²) in [7, 11) is 0. The van der Waals surface area contributed by atoms with Gasteiger partial charge in [0.15, 0.2) is 0 Å². The van der Waals surface area contributed by atoms with Gasteiger partial charge in [-0.05, 0) is 32.8 Å². The molecule has 6 nitrogen and oxygen atoms in total. The number of aromatic nitrogens is 2. The molecule has 6 heteroatoms. The van der Waals surface area contributed by atoms with Crippen molar-refractivity contribution in [3.63, 3.8) is 0 Å². The van der Waals surface area contributed by atoms with E-state index in [1.807, 2.05) is 13.0 Å². The third-order valence-corrected chi connectivity index (χ3v) is 4.06. The number of aliphatic carboxylic acids is 1. The second kappa shape index (κ2) is 4.16. The minimum atomic E-state index is -0.952. The van der Waals surface area contributed by atoms with Crippen LogP contribution in [0.15, 0.2) is 6.07 Å². The predicted octanol–water partition coefficient (Wildman–Crippen LogP) is 1.02. The number of nitrogens with zero attached hydrogens (tertiary/aromatic N) is 2. The molecule has 2 aliphatic heterocycles. The van der Waals surface area contributed by atoms with Gasteiger partial charge in [-0.15, -0.1) is 0 Å². The first kappa shape index (κ1) is 12.3. The van der Waals surface area contributed by atoms with E-state index in [-0.39, 0.29) is 18.1 Å². The van der Waals surface area contributed by atoms with E-state index < -0.39 is 17.8 Å². The largest absolute Gasteiger partial charge is 0.481 e. The van der Waals surface area contributed by atoms with Crippen LogP contribution < -0.4 is 0 Å². The Kier molecular flexibility index (Phi) is 2.70. The molecule has 0 aromatic carbocycles. The van der Waals surface area contributed by atoms with Crippen LogP contribution in [0.2, 0.25) is 0 Å². The quantitative estimate of drug-likeness (QED) is 0.862. The van der Waals surface area contributed by atoms with Crippen LogP contribution in [0.1, 0.15) is 29.0 Å². The van der Waals surface area contributed by atoms with Crippen molar-refractivity contribution in [3.05, 3.63) is 17.5 Å². The summed E-state index contributed by atoms with van der Waals surface area (Å²) in [5.74, 6) is -2.57. The maximum Gasteiger partial charge on any atom is 0.310 e. The number of hydrogen-bond donors (Lipinski definition) is 1. The van der Waals surface area contributed by atoms with Crippen molar-refractivity contribution in [1.29, 1.82) is 0 Å². The summed E-state index contributed by atoms with van der Waals surface area (Å²) >= 11 is 0. The van der Waals surface area contributed by atoms with E-state index in [0.29, 0.717) is 0 Å². The highest BCUT2D eigenvalue weighted by Gasteiger charge is 2.56. The summed E-state index contributed by atoms with van der Waals surface area (Å²) in [5.41, 5.74) is 1.48. The molecule has 0 amide bonds. The Morgan fingerprint density at radius 3 is 2.47 bits per heavy atom. The molecule has 2 saturated heterocycles. The number of hydrogen-bond acceptors (Lipinski definition) is 4. The fraction of sp³-hybridized carbons (Fsp3) is 0.615. The van der Waals surface area contributed by atoms with Crippen LogP contribution in [-0.4, -0.2) is 39.0 Å². The highest BCUT2D eigenvalue weighted by atomic mass is 16.5. The number of ether oxygens (including phenoxy) is 1. The molecule has 2 aliphatic rings. The Bertz CT molecular complexity index is 551. The smallest absolute Gasteiger partial charge is 0.310 e. The lowest BCUT2D eigenvalue weighted by molar-refractivity contribution is -0.144. The zero-order valence-electron chi connectivity index (χ0n) is 10.9. The Morgan fingerprint density at radius 1 is 1.32 bits per heavy atom. The highest BCUT2D eigenvalue weighted by molar-refractivity contribution is 5.88. The van der Waals surface area contributed by atoms with E-state index in [4.69, 9.17) is 4.74 Å². The van der Waals surface area contributed by atoms with Gasteiger partial charge >= 0.3 is 5.97 Å². The first-order chi connectivity index (χ1) is 8.99. The number of aryl methyl sites for hydroxylation is 2. The Morgan fingerprint density at radius 2 is 1.95 bits per heavy atom. The maximum absolute atomic E-state index is 12.5. The lowest BCUT2D eigenvalue weighted by atomic mass is 9.79. The molecule has 0 radical (unpaired) electrons. The van der Waals surface area contributed by atoms with Crippen LogP contribution in [-0.2, 0) is 9.53 Å². The fourth-order valence-corrected chi connectivity index (χ4v) is 3.30. The van der Waals surface area contributed by atoms with E-state index >= 15 is 0 Å². The molecule has 0 saturated carbocycles. The first-order valence-corrected chi connectivity index (χ1v) is 6.45. The zero-order valence-corrected chi connectivity index (χ0v) is 10.9. The van der Waals surface area contributed by atoms with Crippen molar-refractivity contribution in [2.45, 2.75) is 38.9 Å². The Hall–Kier alpha value is -1.69. The molecule has 2 fully saturated rings. The number of fused-ring (bicyclic) bond motifs is 2. The monoisotopic (exact) mass is 264 g/mol. The molecule has 1 aromatic heterocycles. The van der Waals surface area contributed by atoms with Crippen molar-refractivity contribution in [3.8, 4) is 0 Å². The molecule has 3 heterocycles. The molecule has 0 spiro atoms. The summed E-state index contributed by atoms with van der Waals surface area (Å²) in [6.45, 7) is 3.60. The normalized spacial score (nSPS) is 32.7. The molecule has 19 heavy (non-hydrogen) atoms. The molecule has 2 bridgehead atoms. The predicted molar refractivity (Wildman–Crippen MR) is 64.8 cm³/mol. The van der Waals surface area contributed by atoms with Crippen LogP contribution in [0.25, 0.3) is 0 Å². The minimum absolute atomic E-state index is 0.259. The maximum atomic E-state index is 12.5. The number of rotatable bonds is 2. The highest BCUT2D eigenvalue weighted by Crippen LogP contribution is 2.44. The fourth-order valence-electron chi connectivity index (χ4n) is 3.30. The summed E-state index contributed by atoms with van der Waals surface area (Å²) in [6.07, 6.45) is 0.878. The van der Waals surface area contributed by atoms with Gasteiger partial charge in [-0.3, -0.25) is 9.59 Å². The van der Waals surface area contributed by atoms with Crippen LogP contribution in [0, 0.1) is 25.7 Å². The summed E-state index contributed by atoms with van der Waals surface area (Å²) in [6, 6.07) is 1.81. The van der Waals surface area contributed by atoms with E-state index in [1.165, 1.54) is 4.68 Å². The zero-order chi connectivity index (χ0) is 13.7. The lowest BCUT2D eigenvalue weighted by Crippen LogP contribution is -2.41. The molecule has 1 aromatic rings. The third-order valence-electron chi connectivity index (χ3n) is 4.06. The van der Waals surface area contributed by atoms with Gasteiger partial charge in [-0.1, -0.05) is 0 Å². The topological polar surface area (TPSA) is 81.4 Å². The van der Waals surface area contributed by atoms with Crippen LogP contribution in [0.3, 0.4) is 0 Å². The lowest BCUT2D eigenvalue weighted by Gasteiger charge is -2.23. The number of carbonyl (C=O) groups is 2. The van der Waals surface area contributed by atoms with Gasteiger partial charge < -0.3 is 9.84 Å². The van der Waals surface area contributed by atoms with E-state index in [2.05, 4.69) is 5.10 Å². The van der Waals surface area contributed by atoms with Gasteiger partial charge in [-0.25, -0.2) is 4.68 Å². The molecule has 3 rings (SSSR count). The van der Waals surface area contributed by atoms with Gasteiger partial charge in [0.05, 0.1) is 29.7 Å². The standard InChI is InChI=1S/C13H16N2O4/c1-6-5-7(2)15(14-6)12(16)10-8-3-4-9(19-8)11(10)13(17)18/h5,8-11H,3-4H2,1-2H3,(H,17,18)/t8-,9+,10+,11-/m0/s1. The van der Waals surface area contributed by atoms with Crippen molar-refractivity contribution < 1.29 is 19.4 Å². The molecule has 4 atom stereocenters. The average molecular weight is 264 g/mol. The SMILES string of the molecule is Cc1cc(C)n(C(=O)[C@H]2[C@@H](C(=O)O)[C@H]3CC[C@@H]2O3)n1. The molecular formula is C13H16N2O4. The van der Waals surface area contributed by atoms with Gasteiger partial charge in [0.2, 0.25) is 0 Å². The van der Waals surface area contributed by atoms with Gasteiger partial charge in [0.1, 0.15) is 0 Å². The number of carboxylic acid groups (broad SMARTS) is 1. The Balaban J connectivity index is 1.94. The Labute approximate surface area is 110 Å². The number of carbonyl (C=O) groups excluding carboxylic acids is 1. The van der Waals surface area contributed by atoms with Gasteiger partial charge in [0, 0.05) is 5.69 Å². The third kappa shape index (κ3) is 1.78. The second-order valence-corrected chi connectivity index (χ2v) is 5.36. The minimum Gasteiger partial charge on any atom is -0.481 e. The molecule has 102 valence electrons. The molecular weight excluding hydrogens is 248 g/mol.